The molecule has 0 bridgehead atoms. The molecule has 1 aliphatic heterocycles. The van der Waals surface area contributed by atoms with Gasteiger partial charge in [-0.2, -0.15) is 4.98 Å². The average molecular weight is 343 g/mol. The van der Waals surface area contributed by atoms with E-state index in [4.69, 9.17) is 4.42 Å². The number of rotatable bonds is 4. The molecule has 23 heavy (non-hydrogen) atoms. The molecule has 8 heteroatoms. The van der Waals surface area contributed by atoms with Gasteiger partial charge in [0.05, 0.1) is 17.4 Å². The number of oxazole rings is 1. The molecule has 1 N–H and O–H groups in total. The van der Waals surface area contributed by atoms with Crippen LogP contribution in [0.5, 0.6) is 0 Å². The molecule has 1 aromatic heterocycles. The van der Waals surface area contributed by atoms with Crippen molar-refractivity contribution in [3.63, 3.8) is 0 Å². The fourth-order valence-corrected chi connectivity index (χ4v) is 3.65. The maximum Gasteiger partial charge on any atom is 0.301 e. The van der Waals surface area contributed by atoms with E-state index < -0.39 is 10.0 Å². The Hall–Kier alpha value is -1.41. The lowest BCUT2D eigenvalue weighted by molar-refractivity contribution is -0.121. The zero-order chi connectivity index (χ0) is 17.3. The van der Waals surface area contributed by atoms with Gasteiger partial charge >= 0.3 is 6.01 Å². The summed E-state index contributed by atoms with van der Waals surface area (Å²) in [6.45, 7) is 8.32. The van der Waals surface area contributed by atoms with Gasteiger partial charge in [-0.3, -0.25) is 10.1 Å². The zero-order valence-corrected chi connectivity index (χ0v) is 14.9. The first-order chi connectivity index (χ1) is 10.6. The number of aromatic nitrogens is 1. The van der Waals surface area contributed by atoms with Crippen molar-refractivity contribution in [2.75, 3.05) is 24.2 Å². The van der Waals surface area contributed by atoms with Crippen LogP contribution in [-0.2, 0) is 20.2 Å². The quantitative estimate of drug-likeness (QED) is 0.902. The molecule has 2 rings (SSSR count). The molecule has 0 saturated carbocycles. The van der Waals surface area contributed by atoms with Crippen molar-refractivity contribution in [2.24, 2.45) is 5.92 Å². The summed E-state index contributed by atoms with van der Waals surface area (Å²) in [5, 5.41) is 2.66. The van der Waals surface area contributed by atoms with Gasteiger partial charge in [0.1, 0.15) is 6.26 Å². The van der Waals surface area contributed by atoms with Crippen molar-refractivity contribution in [1.82, 2.24) is 9.29 Å². The predicted molar refractivity (Wildman–Crippen MR) is 87.6 cm³/mol. The SMILES string of the molecule is CCS(=O)(=O)N1CCC[C@H](C(=O)Nc2nc(C(C)(C)C)co2)C1. The number of hydrogen-bond donors (Lipinski definition) is 1. The minimum atomic E-state index is -3.26. The summed E-state index contributed by atoms with van der Waals surface area (Å²) in [7, 11) is -3.26. The highest BCUT2D eigenvalue weighted by Gasteiger charge is 2.32. The highest BCUT2D eigenvalue weighted by molar-refractivity contribution is 7.89. The summed E-state index contributed by atoms with van der Waals surface area (Å²) in [5.74, 6) is -0.575. The van der Waals surface area contributed by atoms with E-state index in [-0.39, 0.29) is 35.6 Å². The lowest BCUT2D eigenvalue weighted by Crippen LogP contribution is -2.44. The van der Waals surface area contributed by atoms with Crippen LogP contribution in [-0.4, -0.2) is 42.5 Å². The fraction of sp³-hybridized carbons (Fsp3) is 0.733. The Morgan fingerprint density at radius 2 is 2.17 bits per heavy atom. The van der Waals surface area contributed by atoms with Crippen LogP contribution in [0.15, 0.2) is 10.7 Å². The largest absolute Gasteiger partial charge is 0.432 e. The Balaban J connectivity index is 2.02. The van der Waals surface area contributed by atoms with Crippen LogP contribution >= 0.6 is 0 Å². The first-order valence-electron chi connectivity index (χ1n) is 7.88. The van der Waals surface area contributed by atoms with E-state index in [1.54, 1.807) is 6.92 Å². The lowest BCUT2D eigenvalue weighted by Gasteiger charge is -2.30. The highest BCUT2D eigenvalue weighted by atomic mass is 32.2. The molecule has 1 aliphatic rings. The second-order valence-electron chi connectivity index (χ2n) is 6.87. The lowest BCUT2D eigenvalue weighted by atomic mass is 9.93. The van der Waals surface area contributed by atoms with Crippen molar-refractivity contribution >= 4 is 21.9 Å². The van der Waals surface area contributed by atoms with Crippen molar-refractivity contribution in [3.05, 3.63) is 12.0 Å². The first-order valence-corrected chi connectivity index (χ1v) is 9.49. The summed E-state index contributed by atoms with van der Waals surface area (Å²) in [4.78, 5) is 16.6. The molecule has 0 aromatic carbocycles. The van der Waals surface area contributed by atoms with Gasteiger partial charge in [0.2, 0.25) is 15.9 Å². The number of piperidine rings is 1. The third-order valence-corrected chi connectivity index (χ3v) is 5.86. The van der Waals surface area contributed by atoms with Crippen molar-refractivity contribution in [2.45, 2.75) is 46.0 Å². The van der Waals surface area contributed by atoms with Crippen LogP contribution < -0.4 is 5.32 Å². The number of sulfonamides is 1. The van der Waals surface area contributed by atoms with Gasteiger partial charge in [-0.1, -0.05) is 20.8 Å². The number of carbonyl (C=O) groups is 1. The van der Waals surface area contributed by atoms with Gasteiger partial charge in [-0.25, -0.2) is 12.7 Å². The number of carbonyl (C=O) groups excluding carboxylic acids is 1. The minimum Gasteiger partial charge on any atom is -0.432 e. The molecular weight excluding hydrogens is 318 g/mol. The molecule has 0 unspecified atom stereocenters. The van der Waals surface area contributed by atoms with Crippen molar-refractivity contribution < 1.29 is 17.6 Å². The second kappa shape index (κ2) is 6.60. The van der Waals surface area contributed by atoms with Gasteiger partial charge < -0.3 is 4.42 Å². The Bertz CT molecular complexity index is 661. The Morgan fingerprint density at radius 1 is 1.48 bits per heavy atom. The number of amides is 1. The first kappa shape index (κ1) is 17.9. The van der Waals surface area contributed by atoms with Crippen LogP contribution in [0.3, 0.4) is 0 Å². The van der Waals surface area contributed by atoms with Gasteiger partial charge in [0.25, 0.3) is 0 Å². The van der Waals surface area contributed by atoms with E-state index in [0.29, 0.717) is 19.4 Å². The Kier molecular flexibility index (Phi) is 5.15. The van der Waals surface area contributed by atoms with Crippen molar-refractivity contribution in [3.8, 4) is 0 Å². The topological polar surface area (TPSA) is 92.5 Å². The smallest absolute Gasteiger partial charge is 0.301 e. The minimum absolute atomic E-state index is 0.0516. The molecule has 2 heterocycles. The number of anilines is 1. The van der Waals surface area contributed by atoms with Crippen molar-refractivity contribution in [1.29, 1.82) is 0 Å². The molecule has 1 amide bonds. The maximum atomic E-state index is 12.4. The van der Waals surface area contributed by atoms with E-state index in [0.717, 1.165) is 5.69 Å². The number of nitrogens with zero attached hydrogens (tertiary/aromatic N) is 2. The van der Waals surface area contributed by atoms with Gasteiger partial charge in [0, 0.05) is 18.5 Å². The number of hydrogen-bond acceptors (Lipinski definition) is 5. The molecular formula is C15H25N3O4S. The average Bonchev–Trinajstić information content (AvgIpc) is 2.96. The molecule has 130 valence electrons. The molecule has 7 nitrogen and oxygen atoms in total. The van der Waals surface area contributed by atoms with E-state index in [1.165, 1.54) is 10.6 Å². The normalized spacial score (nSPS) is 20.4. The molecule has 0 spiro atoms. The summed E-state index contributed by atoms with van der Waals surface area (Å²) in [6.07, 6.45) is 2.87. The van der Waals surface area contributed by atoms with Crippen LogP contribution in [0.25, 0.3) is 0 Å². The maximum absolute atomic E-state index is 12.4. The van der Waals surface area contributed by atoms with E-state index in [9.17, 15) is 13.2 Å². The molecule has 0 radical (unpaired) electrons. The summed E-state index contributed by atoms with van der Waals surface area (Å²) < 4.78 is 30.6. The van der Waals surface area contributed by atoms with Crippen LogP contribution in [0.2, 0.25) is 0 Å². The van der Waals surface area contributed by atoms with Crippen LogP contribution in [0.1, 0.15) is 46.2 Å². The van der Waals surface area contributed by atoms with Crippen LogP contribution in [0, 0.1) is 5.92 Å². The molecule has 0 aliphatic carbocycles. The monoisotopic (exact) mass is 343 g/mol. The van der Waals surface area contributed by atoms with Gasteiger partial charge in [0.15, 0.2) is 0 Å². The second-order valence-corrected chi connectivity index (χ2v) is 9.13. The molecule has 1 aromatic rings. The molecule has 1 fully saturated rings. The Morgan fingerprint density at radius 3 is 2.74 bits per heavy atom. The van der Waals surface area contributed by atoms with E-state index in [2.05, 4.69) is 10.3 Å². The zero-order valence-electron chi connectivity index (χ0n) is 14.1. The fourth-order valence-electron chi connectivity index (χ4n) is 2.47. The third-order valence-electron chi connectivity index (χ3n) is 4.02. The van der Waals surface area contributed by atoms with Crippen LogP contribution in [0.4, 0.5) is 6.01 Å². The highest BCUT2D eigenvalue weighted by Crippen LogP contribution is 2.24. The van der Waals surface area contributed by atoms with E-state index in [1.807, 2.05) is 20.8 Å². The molecule has 1 saturated heterocycles. The summed E-state index contributed by atoms with van der Waals surface area (Å²) in [6, 6.07) is 0.162. The van der Waals surface area contributed by atoms with Gasteiger partial charge in [-0.05, 0) is 19.8 Å². The van der Waals surface area contributed by atoms with Gasteiger partial charge in [-0.15, -0.1) is 0 Å². The summed E-state index contributed by atoms with van der Waals surface area (Å²) >= 11 is 0. The molecule has 1 atom stereocenters. The van der Waals surface area contributed by atoms with E-state index >= 15 is 0 Å². The third kappa shape index (κ3) is 4.32. The summed E-state index contributed by atoms with van der Waals surface area (Å²) in [5.41, 5.74) is 0.593. The predicted octanol–water partition coefficient (Wildman–Crippen LogP) is 1.97. The standard InChI is InChI=1S/C15H25N3O4S/c1-5-23(20,21)18-8-6-7-11(9-18)13(19)17-14-16-12(10-22-14)15(2,3)4/h10-11H,5-9H2,1-4H3,(H,16,17,19)/t11-/m0/s1. The Labute approximate surface area is 137 Å². The number of nitrogens with one attached hydrogen (secondary N) is 1.